The molecule has 2 nitrogen and oxygen atoms in total. The fourth-order valence-corrected chi connectivity index (χ4v) is 1.50. The molecule has 1 aromatic rings. The normalized spacial score (nSPS) is 14.9. The molecule has 1 aromatic carbocycles. The van der Waals surface area contributed by atoms with Crippen molar-refractivity contribution >= 4 is 11.6 Å². The lowest BCUT2D eigenvalue weighted by Crippen LogP contribution is -2.12. The summed E-state index contributed by atoms with van der Waals surface area (Å²) < 4.78 is 5.20. The van der Waals surface area contributed by atoms with Gasteiger partial charge in [-0.05, 0) is 25.1 Å². The molecule has 0 saturated heterocycles. The Morgan fingerprint density at radius 1 is 1.36 bits per heavy atom. The molecule has 0 saturated carbocycles. The molecular weight excluding hydrogens is 200 g/mol. The first kappa shape index (κ1) is 11.3. The smallest absolute Gasteiger partial charge is 0.122 e. The molecule has 2 unspecified atom stereocenters. The van der Waals surface area contributed by atoms with E-state index in [0.717, 1.165) is 11.3 Å². The van der Waals surface area contributed by atoms with Gasteiger partial charge in [-0.15, -0.1) is 0 Å². The van der Waals surface area contributed by atoms with E-state index in [1.165, 1.54) is 0 Å². The van der Waals surface area contributed by atoms with E-state index in [2.05, 4.69) is 0 Å². The van der Waals surface area contributed by atoms with Crippen LogP contribution in [0, 0.1) is 0 Å². The molecule has 1 N–H and O–H groups in total. The van der Waals surface area contributed by atoms with E-state index >= 15 is 0 Å². The molecule has 0 aliphatic rings. The van der Waals surface area contributed by atoms with Crippen molar-refractivity contribution in [2.24, 2.45) is 0 Å². The molecular formula is C11H15ClO2. The van der Waals surface area contributed by atoms with Crippen LogP contribution in [0.4, 0.5) is 0 Å². The molecule has 0 bridgehead atoms. The Labute approximate surface area is 89.5 Å². The summed E-state index contributed by atoms with van der Waals surface area (Å²) in [6, 6.07) is 5.42. The van der Waals surface area contributed by atoms with Crippen LogP contribution in [0.2, 0.25) is 5.02 Å². The Bertz CT molecular complexity index is 310. The molecule has 0 radical (unpaired) electrons. The van der Waals surface area contributed by atoms with E-state index in [4.69, 9.17) is 16.3 Å². The Kier molecular flexibility index (Phi) is 3.78. The highest BCUT2D eigenvalue weighted by Gasteiger charge is 2.16. The van der Waals surface area contributed by atoms with Gasteiger partial charge in [-0.25, -0.2) is 0 Å². The van der Waals surface area contributed by atoms with Gasteiger partial charge in [0, 0.05) is 16.5 Å². The lowest BCUT2D eigenvalue weighted by molar-refractivity contribution is 0.167. The number of ether oxygens (including phenoxy) is 1. The number of rotatable bonds is 3. The summed E-state index contributed by atoms with van der Waals surface area (Å²) in [6.45, 7) is 3.70. The van der Waals surface area contributed by atoms with Gasteiger partial charge in [0.25, 0.3) is 0 Å². The molecule has 0 aliphatic heterocycles. The van der Waals surface area contributed by atoms with Crippen molar-refractivity contribution in [2.75, 3.05) is 7.11 Å². The first-order valence-electron chi connectivity index (χ1n) is 4.57. The molecule has 14 heavy (non-hydrogen) atoms. The highest BCUT2D eigenvalue weighted by atomic mass is 35.5. The zero-order chi connectivity index (χ0) is 10.7. The monoisotopic (exact) mass is 214 g/mol. The van der Waals surface area contributed by atoms with Gasteiger partial charge >= 0.3 is 0 Å². The third-order valence-corrected chi connectivity index (χ3v) is 2.64. The number of hydrogen-bond donors (Lipinski definition) is 1. The van der Waals surface area contributed by atoms with Crippen LogP contribution in [0.1, 0.15) is 25.3 Å². The van der Waals surface area contributed by atoms with Crippen molar-refractivity contribution in [1.82, 2.24) is 0 Å². The van der Waals surface area contributed by atoms with E-state index in [-0.39, 0.29) is 5.92 Å². The van der Waals surface area contributed by atoms with Crippen LogP contribution in [0.25, 0.3) is 0 Å². The minimum Gasteiger partial charge on any atom is -0.496 e. The van der Waals surface area contributed by atoms with Gasteiger partial charge in [0.15, 0.2) is 0 Å². The second-order valence-electron chi connectivity index (χ2n) is 3.42. The predicted molar refractivity (Wildman–Crippen MR) is 58.1 cm³/mol. The lowest BCUT2D eigenvalue weighted by Gasteiger charge is -2.18. The van der Waals surface area contributed by atoms with Crippen LogP contribution < -0.4 is 4.74 Å². The van der Waals surface area contributed by atoms with E-state index in [1.807, 2.05) is 19.1 Å². The number of aliphatic hydroxyl groups is 1. The molecule has 0 aromatic heterocycles. The van der Waals surface area contributed by atoms with Crippen LogP contribution in [-0.2, 0) is 0 Å². The van der Waals surface area contributed by atoms with Crippen molar-refractivity contribution in [3.05, 3.63) is 28.8 Å². The molecule has 0 fully saturated rings. The minimum atomic E-state index is -0.414. The first-order valence-corrected chi connectivity index (χ1v) is 4.95. The maximum atomic E-state index is 9.49. The number of halogens is 1. The van der Waals surface area contributed by atoms with Crippen molar-refractivity contribution in [1.29, 1.82) is 0 Å². The second-order valence-corrected chi connectivity index (χ2v) is 3.85. The van der Waals surface area contributed by atoms with Gasteiger partial charge in [0.1, 0.15) is 5.75 Å². The highest BCUT2D eigenvalue weighted by Crippen LogP contribution is 2.31. The van der Waals surface area contributed by atoms with E-state index in [0.29, 0.717) is 5.02 Å². The molecule has 0 aliphatic carbocycles. The summed E-state index contributed by atoms with van der Waals surface area (Å²) in [7, 11) is 1.61. The maximum absolute atomic E-state index is 9.49. The standard InChI is InChI=1S/C11H15ClO2/c1-7(8(2)13)10-6-9(12)4-5-11(10)14-3/h4-8,13H,1-3H3. The summed E-state index contributed by atoms with van der Waals surface area (Å²) in [4.78, 5) is 0. The van der Waals surface area contributed by atoms with Crippen LogP contribution in [0.3, 0.4) is 0 Å². The molecule has 3 heteroatoms. The van der Waals surface area contributed by atoms with E-state index in [9.17, 15) is 5.11 Å². The van der Waals surface area contributed by atoms with Gasteiger partial charge in [-0.2, -0.15) is 0 Å². The fourth-order valence-electron chi connectivity index (χ4n) is 1.32. The van der Waals surface area contributed by atoms with E-state index in [1.54, 1.807) is 20.1 Å². The van der Waals surface area contributed by atoms with Crippen molar-refractivity contribution in [3.8, 4) is 5.75 Å². The van der Waals surface area contributed by atoms with Gasteiger partial charge in [0.2, 0.25) is 0 Å². The van der Waals surface area contributed by atoms with Crippen molar-refractivity contribution < 1.29 is 9.84 Å². The lowest BCUT2D eigenvalue weighted by atomic mass is 9.95. The maximum Gasteiger partial charge on any atom is 0.122 e. The average molecular weight is 215 g/mol. The Balaban J connectivity index is 3.10. The third-order valence-electron chi connectivity index (χ3n) is 2.41. The van der Waals surface area contributed by atoms with Crippen LogP contribution in [0.15, 0.2) is 18.2 Å². The SMILES string of the molecule is COc1ccc(Cl)cc1C(C)C(C)O. The van der Waals surface area contributed by atoms with Crippen LogP contribution in [-0.4, -0.2) is 18.3 Å². The largest absolute Gasteiger partial charge is 0.496 e. The molecule has 0 heterocycles. The Morgan fingerprint density at radius 3 is 2.50 bits per heavy atom. The highest BCUT2D eigenvalue weighted by molar-refractivity contribution is 6.30. The molecule has 1 rings (SSSR count). The molecule has 0 amide bonds. The van der Waals surface area contributed by atoms with Crippen molar-refractivity contribution in [2.45, 2.75) is 25.9 Å². The van der Waals surface area contributed by atoms with Crippen LogP contribution >= 0.6 is 11.6 Å². The van der Waals surface area contributed by atoms with Crippen molar-refractivity contribution in [3.63, 3.8) is 0 Å². The summed E-state index contributed by atoms with van der Waals surface area (Å²) in [5.74, 6) is 0.784. The minimum absolute atomic E-state index is 0.0173. The number of benzene rings is 1. The summed E-state index contributed by atoms with van der Waals surface area (Å²) in [5, 5.41) is 10.1. The van der Waals surface area contributed by atoms with Gasteiger partial charge in [0.05, 0.1) is 13.2 Å². The molecule has 2 atom stereocenters. The van der Waals surface area contributed by atoms with Gasteiger partial charge in [-0.3, -0.25) is 0 Å². The zero-order valence-electron chi connectivity index (χ0n) is 8.62. The zero-order valence-corrected chi connectivity index (χ0v) is 9.38. The number of methoxy groups -OCH3 is 1. The topological polar surface area (TPSA) is 29.5 Å². The quantitative estimate of drug-likeness (QED) is 0.839. The fraction of sp³-hybridized carbons (Fsp3) is 0.455. The average Bonchev–Trinajstić information content (AvgIpc) is 2.16. The molecule has 78 valence electrons. The number of aliphatic hydroxyl groups excluding tert-OH is 1. The summed E-state index contributed by atoms with van der Waals surface area (Å²) in [5.41, 5.74) is 0.940. The summed E-state index contributed by atoms with van der Waals surface area (Å²) >= 11 is 5.89. The Hall–Kier alpha value is -0.730. The summed E-state index contributed by atoms with van der Waals surface area (Å²) in [6.07, 6.45) is -0.414. The Morgan fingerprint density at radius 2 is 2.00 bits per heavy atom. The second kappa shape index (κ2) is 4.67. The number of hydrogen-bond acceptors (Lipinski definition) is 2. The first-order chi connectivity index (χ1) is 6.56. The molecule has 0 spiro atoms. The van der Waals surface area contributed by atoms with E-state index < -0.39 is 6.10 Å². The predicted octanol–water partition coefficient (Wildman–Crippen LogP) is 2.83. The van der Waals surface area contributed by atoms with Crippen LogP contribution in [0.5, 0.6) is 5.75 Å². The van der Waals surface area contributed by atoms with Gasteiger partial charge in [-0.1, -0.05) is 18.5 Å². The third kappa shape index (κ3) is 2.40. The van der Waals surface area contributed by atoms with Gasteiger partial charge < -0.3 is 9.84 Å².